The third kappa shape index (κ3) is 4.87. The van der Waals surface area contributed by atoms with E-state index in [-0.39, 0.29) is 23.2 Å². The van der Waals surface area contributed by atoms with Crippen molar-refractivity contribution in [2.45, 2.75) is 44.7 Å². The molecule has 1 saturated carbocycles. The minimum Gasteiger partial charge on any atom is -0.383 e. The molecule has 0 bridgehead atoms. The number of hydrogen-bond donors (Lipinski definition) is 2. The van der Waals surface area contributed by atoms with E-state index in [9.17, 15) is 9.59 Å². The molecule has 3 N–H and O–H groups in total. The van der Waals surface area contributed by atoms with Gasteiger partial charge in [-0.1, -0.05) is 19.3 Å². The smallest absolute Gasteiger partial charge is 0.271 e. The van der Waals surface area contributed by atoms with Crippen LogP contribution in [0, 0.1) is 5.92 Å². The van der Waals surface area contributed by atoms with Gasteiger partial charge in [0.25, 0.3) is 11.5 Å². The Morgan fingerprint density at radius 3 is 2.83 bits per heavy atom. The Morgan fingerprint density at radius 1 is 1.43 bits per heavy atom. The van der Waals surface area contributed by atoms with E-state index >= 15 is 0 Å². The van der Waals surface area contributed by atoms with E-state index in [0.29, 0.717) is 25.6 Å². The Morgan fingerprint density at radius 2 is 2.17 bits per heavy atom. The average molecular weight is 322 g/mol. The van der Waals surface area contributed by atoms with Crippen LogP contribution in [0.5, 0.6) is 0 Å². The number of amides is 1. The molecule has 1 aromatic rings. The molecule has 2 rings (SSSR count). The molecule has 0 saturated heterocycles. The van der Waals surface area contributed by atoms with Gasteiger partial charge in [0.2, 0.25) is 0 Å². The molecule has 0 radical (unpaired) electrons. The molecule has 1 aliphatic rings. The molecule has 0 aromatic carbocycles. The zero-order valence-corrected chi connectivity index (χ0v) is 13.7. The maximum Gasteiger partial charge on any atom is 0.271 e. The van der Waals surface area contributed by atoms with Gasteiger partial charge >= 0.3 is 0 Å². The van der Waals surface area contributed by atoms with Crippen molar-refractivity contribution in [1.29, 1.82) is 0 Å². The predicted octanol–water partition coefficient (Wildman–Crippen LogP) is 0.527. The monoisotopic (exact) mass is 322 g/mol. The van der Waals surface area contributed by atoms with Crippen LogP contribution in [0.3, 0.4) is 0 Å². The van der Waals surface area contributed by atoms with Crippen LogP contribution < -0.4 is 16.6 Å². The summed E-state index contributed by atoms with van der Waals surface area (Å²) in [5, 5.41) is 7.10. The van der Waals surface area contributed by atoms with Crippen LogP contribution in [0.4, 0.5) is 0 Å². The summed E-state index contributed by atoms with van der Waals surface area (Å²) in [5.41, 5.74) is 5.83. The van der Waals surface area contributed by atoms with Gasteiger partial charge in [-0.15, -0.1) is 0 Å². The fourth-order valence-corrected chi connectivity index (χ4v) is 3.06. The number of carbonyl (C=O) groups excluding carboxylic acids is 1. The fourth-order valence-electron chi connectivity index (χ4n) is 3.06. The molecule has 128 valence electrons. The summed E-state index contributed by atoms with van der Waals surface area (Å²) in [6, 6.07) is 2.77. The van der Waals surface area contributed by atoms with Crippen molar-refractivity contribution in [2.24, 2.45) is 11.7 Å². The molecular weight excluding hydrogens is 296 g/mol. The largest absolute Gasteiger partial charge is 0.383 e. The zero-order valence-electron chi connectivity index (χ0n) is 13.7. The van der Waals surface area contributed by atoms with Crippen LogP contribution in [0.15, 0.2) is 16.9 Å². The molecule has 1 amide bonds. The Hall–Kier alpha value is -1.73. The van der Waals surface area contributed by atoms with E-state index in [1.54, 1.807) is 7.11 Å². The minimum atomic E-state index is -0.280. The van der Waals surface area contributed by atoms with Gasteiger partial charge in [0.15, 0.2) is 0 Å². The number of hydrogen-bond acceptors (Lipinski definition) is 5. The number of carbonyl (C=O) groups is 1. The molecule has 1 unspecified atom stereocenters. The molecule has 0 aliphatic heterocycles. The molecule has 1 heterocycles. The third-order valence-electron chi connectivity index (χ3n) is 4.40. The lowest BCUT2D eigenvalue weighted by atomic mass is 9.84. The lowest BCUT2D eigenvalue weighted by Gasteiger charge is -2.29. The van der Waals surface area contributed by atoms with E-state index in [2.05, 4.69) is 10.4 Å². The van der Waals surface area contributed by atoms with Crippen molar-refractivity contribution in [2.75, 3.05) is 20.3 Å². The maximum atomic E-state index is 12.4. The summed E-state index contributed by atoms with van der Waals surface area (Å²) in [4.78, 5) is 24.1. The second kappa shape index (κ2) is 8.79. The van der Waals surface area contributed by atoms with Crippen LogP contribution in [0.25, 0.3) is 0 Å². The lowest BCUT2D eigenvalue weighted by Crippen LogP contribution is -2.46. The van der Waals surface area contributed by atoms with Gasteiger partial charge in [0, 0.05) is 25.8 Å². The Bertz CT molecular complexity index is 567. The topological polar surface area (TPSA) is 99.2 Å². The summed E-state index contributed by atoms with van der Waals surface area (Å²) in [5.74, 6) is 0.147. The van der Waals surface area contributed by atoms with Gasteiger partial charge in [-0.3, -0.25) is 9.59 Å². The quantitative estimate of drug-likeness (QED) is 0.763. The molecule has 7 nitrogen and oxygen atoms in total. The number of rotatable bonds is 7. The van der Waals surface area contributed by atoms with Crippen LogP contribution in [0.2, 0.25) is 0 Å². The number of nitrogens with zero attached hydrogens (tertiary/aromatic N) is 2. The zero-order chi connectivity index (χ0) is 16.7. The van der Waals surface area contributed by atoms with Crippen molar-refractivity contribution >= 4 is 5.91 Å². The van der Waals surface area contributed by atoms with E-state index in [1.165, 1.54) is 36.1 Å². The first-order valence-electron chi connectivity index (χ1n) is 8.23. The van der Waals surface area contributed by atoms with Crippen LogP contribution >= 0.6 is 0 Å². The maximum absolute atomic E-state index is 12.4. The molecule has 1 fully saturated rings. The van der Waals surface area contributed by atoms with Crippen LogP contribution in [0.1, 0.15) is 42.6 Å². The predicted molar refractivity (Wildman–Crippen MR) is 87.3 cm³/mol. The first-order chi connectivity index (χ1) is 11.2. The van der Waals surface area contributed by atoms with Crippen molar-refractivity contribution in [3.05, 3.63) is 28.2 Å². The van der Waals surface area contributed by atoms with E-state index < -0.39 is 0 Å². The summed E-state index contributed by atoms with van der Waals surface area (Å²) in [6.45, 7) is 1.10. The Kier molecular flexibility index (Phi) is 6.73. The summed E-state index contributed by atoms with van der Waals surface area (Å²) < 4.78 is 6.19. The van der Waals surface area contributed by atoms with Gasteiger partial charge < -0.3 is 15.8 Å². The van der Waals surface area contributed by atoms with Gasteiger partial charge in [0.1, 0.15) is 5.69 Å². The molecule has 1 atom stereocenters. The number of nitrogens with two attached hydrogens (primary N) is 1. The number of ether oxygens (including phenoxy) is 1. The Labute approximate surface area is 136 Å². The summed E-state index contributed by atoms with van der Waals surface area (Å²) in [7, 11) is 1.55. The van der Waals surface area contributed by atoms with Gasteiger partial charge in [-0.25, -0.2) is 4.68 Å². The number of methoxy groups -OCH3 is 1. The van der Waals surface area contributed by atoms with Gasteiger partial charge in [0.05, 0.1) is 13.2 Å². The van der Waals surface area contributed by atoms with Crippen molar-refractivity contribution in [3.8, 4) is 0 Å². The molecule has 7 heteroatoms. The second-order valence-corrected chi connectivity index (χ2v) is 5.99. The minimum absolute atomic E-state index is 0.0380. The fraction of sp³-hybridized carbons (Fsp3) is 0.688. The van der Waals surface area contributed by atoms with E-state index in [1.807, 2.05) is 0 Å². The van der Waals surface area contributed by atoms with E-state index in [0.717, 1.165) is 12.8 Å². The highest BCUT2D eigenvalue weighted by Crippen LogP contribution is 2.26. The summed E-state index contributed by atoms with van der Waals surface area (Å²) in [6.07, 6.45) is 5.84. The van der Waals surface area contributed by atoms with Crippen molar-refractivity contribution in [1.82, 2.24) is 15.1 Å². The normalized spacial score (nSPS) is 17.0. The average Bonchev–Trinajstić information content (AvgIpc) is 2.59. The molecule has 0 spiro atoms. The van der Waals surface area contributed by atoms with Crippen LogP contribution in [-0.2, 0) is 11.3 Å². The highest BCUT2D eigenvalue weighted by Gasteiger charge is 2.24. The van der Waals surface area contributed by atoms with Gasteiger partial charge in [-0.05, 0) is 24.8 Å². The highest BCUT2D eigenvalue weighted by atomic mass is 16.5. The lowest BCUT2D eigenvalue weighted by molar-refractivity contribution is 0.0906. The summed E-state index contributed by atoms with van der Waals surface area (Å²) >= 11 is 0. The van der Waals surface area contributed by atoms with Crippen molar-refractivity contribution < 1.29 is 9.53 Å². The first kappa shape index (κ1) is 17.6. The number of aromatic nitrogens is 2. The highest BCUT2D eigenvalue weighted by molar-refractivity contribution is 5.92. The standard InChI is InChI=1S/C16H26N4O3/c1-23-10-9-20-15(21)8-7-13(19-20)16(22)18-14(11-17)12-5-3-2-4-6-12/h7-8,12,14H,2-6,9-11,17H2,1H3,(H,18,22). The van der Waals surface area contributed by atoms with E-state index in [4.69, 9.17) is 10.5 Å². The van der Waals surface area contributed by atoms with Gasteiger partial charge in [-0.2, -0.15) is 5.10 Å². The Balaban J connectivity index is 2.05. The molecular formula is C16H26N4O3. The first-order valence-corrected chi connectivity index (χ1v) is 8.23. The second-order valence-electron chi connectivity index (χ2n) is 5.99. The third-order valence-corrected chi connectivity index (χ3v) is 4.40. The number of nitrogens with one attached hydrogen (secondary N) is 1. The molecule has 1 aromatic heterocycles. The van der Waals surface area contributed by atoms with Crippen molar-refractivity contribution in [3.63, 3.8) is 0 Å². The van der Waals surface area contributed by atoms with Crippen LogP contribution in [-0.4, -0.2) is 42.0 Å². The SMILES string of the molecule is COCCn1nc(C(=O)NC(CN)C2CCCCC2)ccc1=O. The molecule has 1 aliphatic carbocycles. The molecule has 23 heavy (non-hydrogen) atoms.